The fourth-order valence-electron chi connectivity index (χ4n) is 2.04. The number of aryl methyl sites for hydroxylation is 2. The molecule has 1 N–H and O–H groups in total. The van der Waals surface area contributed by atoms with Gasteiger partial charge < -0.3 is 9.84 Å². The Morgan fingerprint density at radius 2 is 1.85 bits per heavy atom. The van der Waals surface area contributed by atoms with Crippen LogP contribution >= 0.6 is 0 Å². The molecule has 2 rings (SSSR count). The molecule has 108 valence electrons. The molecule has 2 aromatic rings. The van der Waals surface area contributed by atoms with Crippen molar-refractivity contribution in [2.45, 2.75) is 46.4 Å². The van der Waals surface area contributed by atoms with E-state index in [1.165, 1.54) is 0 Å². The lowest BCUT2D eigenvalue weighted by Crippen LogP contribution is -2.12. The Morgan fingerprint density at radius 1 is 1.20 bits per heavy atom. The number of aromatic nitrogens is 3. The van der Waals surface area contributed by atoms with Gasteiger partial charge in [0.15, 0.2) is 0 Å². The van der Waals surface area contributed by atoms with Crippen LogP contribution in [-0.2, 0) is 6.54 Å². The van der Waals surface area contributed by atoms with Gasteiger partial charge in [0.25, 0.3) is 0 Å². The van der Waals surface area contributed by atoms with Crippen LogP contribution in [0.3, 0.4) is 0 Å². The van der Waals surface area contributed by atoms with Crippen LogP contribution in [0.25, 0.3) is 0 Å². The maximum absolute atomic E-state index is 10.3. The van der Waals surface area contributed by atoms with Gasteiger partial charge in [-0.05, 0) is 45.4 Å². The van der Waals surface area contributed by atoms with Crippen LogP contribution in [-0.4, -0.2) is 26.0 Å². The van der Waals surface area contributed by atoms with E-state index in [9.17, 15) is 5.11 Å². The summed E-state index contributed by atoms with van der Waals surface area (Å²) in [5.74, 6) is 2.33. The van der Waals surface area contributed by atoms with Gasteiger partial charge in [-0.1, -0.05) is 12.1 Å². The molecule has 0 fully saturated rings. The Morgan fingerprint density at radius 3 is 2.35 bits per heavy atom. The molecule has 1 aromatic carbocycles. The van der Waals surface area contributed by atoms with Crippen molar-refractivity contribution in [3.05, 3.63) is 41.5 Å². The average Bonchev–Trinajstić information content (AvgIpc) is 2.68. The van der Waals surface area contributed by atoms with E-state index in [1.54, 1.807) is 4.68 Å². The summed E-state index contributed by atoms with van der Waals surface area (Å²) in [7, 11) is 0. The first kappa shape index (κ1) is 14.5. The molecule has 1 aromatic heterocycles. The summed E-state index contributed by atoms with van der Waals surface area (Å²) in [6.45, 7) is 8.09. The topological polar surface area (TPSA) is 60.2 Å². The summed E-state index contributed by atoms with van der Waals surface area (Å²) in [6, 6.07) is 7.50. The minimum atomic E-state index is -0.608. The summed E-state index contributed by atoms with van der Waals surface area (Å²) in [5.41, 5.74) is 0.841. The van der Waals surface area contributed by atoms with Crippen molar-refractivity contribution in [2.75, 3.05) is 0 Å². The Bertz CT molecular complexity index is 561. The SMILES string of the molecule is Cc1nc(C)n(CC(O)c2ccc(OC(C)C)cc2)n1. The molecule has 5 heteroatoms. The van der Waals surface area contributed by atoms with Gasteiger partial charge in [0.1, 0.15) is 17.4 Å². The highest BCUT2D eigenvalue weighted by atomic mass is 16.5. The fourth-order valence-corrected chi connectivity index (χ4v) is 2.04. The molecule has 0 spiro atoms. The van der Waals surface area contributed by atoms with Gasteiger partial charge in [0, 0.05) is 0 Å². The van der Waals surface area contributed by atoms with E-state index in [0.29, 0.717) is 6.54 Å². The standard InChI is InChI=1S/C15H21N3O2/c1-10(2)20-14-7-5-13(6-8-14)15(19)9-18-12(4)16-11(3)17-18/h5-8,10,15,19H,9H2,1-4H3. The van der Waals surface area contributed by atoms with Crippen molar-refractivity contribution in [1.82, 2.24) is 14.8 Å². The highest BCUT2D eigenvalue weighted by molar-refractivity contribution is 5.28. The van der Waals surface area contributed by atoms with Gasteiger partial charge in [-0.25, -0.2) is 9.67 Å². The normalized spacial score (nSPS) is 12.7. The summed E-state index contributed by atoms with van der Waals surface area (Å²) in [5, 5.41) is 14.5. The van der Waals surface area contributed by atoms with Crippen molar-refractivity contribution >= 4 is 0 Å². The number of nitrogens with zero attached hydrogens (tertiary/aromatic N) is 3. The van der Waals surface area contributed by atoms with Crippen molar-refractivity contribution in [2.24, 2.45) is 0 Å². The molecule has 0 aliphatic heterocycles. The lowest BCUT2D eigenvalue weighted by atomic mass is 10.1. The van der Waals surface area contributed by atoms with Crippen molar-refractivity contribution in [3.8, 4) is 5.75 Å². The highest BCUT2D eigenvalue weighted by Gasteiger charge is 2.12. The van der Waals surface area contributed by atoms with Gasteiger partial charge in [-0.3, -0.25) is 0 Å². The molecule has 0 saturated heterocycles. The van der Waals surface area contributed by atoms with Crippen molar-refractivity contribution < 1.29 is 9.84 Å². The minimum Gasteiger partial charge on any atom is -0.491 e. The van der Waals surface area contributed by atoms with Crippen LogP contribution in [0.1, 0.15) is 37.2 Å². The second kappa shape index (κ2) is 6.05. The van der Waals surface area contributed by atoms with Gasteiger partial charge in [-0.15, -0.1) is 0 Å². The van der Waals surface area contributed by atoms with Crippen LogP contribution in [0.15, 0.2) is 24.3 Å². The van der Waals surface area contributed by atoms with Gasteiger partial charge in [-0.2, -0.15) is 5.10 Å². The molecule has 1 unspecified atom stereocenters. The molecule has 0 saturated carbocycles. The Kier molecular flexibility index (Phi) is 4.39. The third-order valence-corrected chi connectivity index (χ3v) is 2.95. The third kappa shape index (κ3) is 3.57. The van der Waals surface area contributed by atoms with E-state index >= 15 is 0 Å². The van der Waals surface area contributed by atoms with Gasteiger partial charge in [0.2, 0.25) is 0 Å². The van der Waals surface area contributed by atoms with Gasteiger partial charge >= 0.3 is 0 Å². The predicted octanol–water partition coefficient (Wildman–Crippen LogP) is 2.42. The zero-order chi connectivity index (χ0) is 14.7. The van der Waals surface area contributed by atoms with E-state index in [0.717, 1.165) is 23.0 Å². The molecular formula is C15H21N3O2. The number of rotatable bonds is 5. The predicted molar refractivity (Wildman–Crippen MR) is 76.7 cm³/mol. The van der Waals surface area contributed by atoms with Crippen LogP contribution in [0, 0.1) is 13.8 Å². The number of hydrogen-bond acceptors (Lipinski definition) is 4. The monoisotopic (exact) mass is 275 g/mol. The largest absolute Gasteiger partial charge is 0.491 e. The molecule has 1 heterocycles. The van der Waals surface area contributed by atoms with E-state index < -0.39 is 6.10 Å². The van der Waals surface area contributed by atoms with Crippen molar-refractivity contribution in [1.29, 1.82) is 0 Å². The third-order valence-electron chi connectivity index (χ3n) is 2.95. The summed E-state index contributed by atoms with van der Waals surface area (Å²) >= 11 is 0. The summed E-state index contributed by atoms with van der Waals surface area (Å²) < 4.78 is 7.30. The van der Waals surface area contributed by atoms with E-state index in [4.69, 9.17) is 4.74 Å². The van der Waals surface area contributed by atoms with Gasteiger partial charge in [0.05, 0.1) is 18.8 Å². The summed E-state index contributed by atoms with van der Waals surface area (Å²) in [6.07, 6.45) is -0.463. The zero-order valence-corrected chi connectivity index (χ0v) is 12.4. The lowest BCUT2D eigenvalue weighted by Gasteiger charge is -2.14. The zero-order valence-electron chi connectivity index (χ0n) is 12.4. The number of aliphatic hydroxyl groups excluding tert-OH is 1. The second-order valence-electron chi connectivity index (χ2n) is 5.14. The minimum absolute atomic E-state index is 0.145. The molecule has 5 nitrogen and oxygen atoms in total. The fraction of sp³-hybridized carbons (Fsp3) is 0.467. The van der Waals surface area contributed by atoms with E-state index in [-0.39, 0.29) is 6.10 Å². The van der Waals surface area contributed by atoms with Crippen LogP contribution < -0.4 is 4.74 Å². The first-order valence-electron chi connectivity index (χ1n) is 6.78. The number of ether oxygens (including phenoxy) is 1. The molecule has 20 heavy (non-hydrogen) atoms. The molecule has 0 bridgehead atoms. The molecule has 0 amide bonds. The maximum Gasteiger partial charge on any atom is 0.147 e. The molecular weight excluding hydrogens is 254 g/mol. The molecule has 1 atom stereocenters. The van der Waals surface area contributed by atoms with Crippen LogP contribution in [0.4, 0.5) is 0 Å². The van der Waals surface area contributed by atoms with Crippen LogP contribution in [0.2, 0.25) is 0 Å². The quantitative estimate of drug-likeness (QED) is 0.910. The number of aliphatic hydroxyl groups is 1. The van der Waals surface area contributed by atoms with Crippen LogP contribution in [0.5, 0.6) is 5.75 Å². The Hall–Kier alpha value is -1.88. The molecule has 0 aliphatic rings. The molecule has 0 radical (unpaired) electrons. The maximum atomic E-state index is 10.3. The van der Waals surface area contributed by atoms with E-state index in [2.05, 4.69) is 10.1 Å². The first-order chi connectivity index (χ1) is 9.45. The molecule has 0 aliphatic carbocycles. The number of hydrogen-bond donors (Lipinski definition) is 1. The van der Waals surface area contributed by atoms with E-state index in [1.807, 2.05) is 52.0 Å². The Labute approximate surface area is 119 Å². The highest BCUT2D eigenvalue weighted by Crippen LogP contribution is 2.20. The average molecular weight is 275 g/mol. The smallest absolute Gasteiger partial charge is 0.147 e. The van der Waals surface area contributed by atoms with Crippen molar-refractivity contribution in [3.63, 3.8) is 0 Å². The second-order valence-corrected chi connectivity index (χ2v) is 5.14. The first-order valence-corrected chi connectivity index (χ1v) is 6.78. The number of benzene rings is 1. The Balaban J connectivity index is 2.05. The summed E-state index contributed by atoms with van der Waals surface area (Å²) in [4.78, 5) is 4.23. The lowest BCUT2D eigenvalue weighted by molar-refractivity contribution is 0.150.